The minimum atomic E-state index is -0.100. The van der Waals surface area contributed by atoms with Gasteiger partial charge in [-0.2, -0.15) is 0 Å². The van der Waals surface area contributed by atoms with Crippen LogP contribution < -0.4 is 10.6 Å². The number of rotatable bonds is 3. The normalized spacial score (nSPS) is 16.0. The van der Waals surface area contributed by atoms with Crippen LogP contribution in [-0.2, 0) is 4.79 Å². The molecule has 0 spiro atoms. The van der Waals surface area contributed by atoms with E-state index in [9.17, 15) is 9.59 Å². The molecule has 5 heteroatoms. The number of piperazine rings is 1. The third-order valence-corrected chi connectivity index (χ3v) is 3.19. The lowest BCUT2D eigenvalue weighted by Crippen LogP contribution is -2.49. The molecule has 0 unspecified atom stereocenters. The van der Waals surface area contributed by atoms with Gasteiger partial charge in [-0.25, -0.2) is 0 Å². The highest BCUT2D eigenvalue weighted by Crippen LogP contribution is 2.22. The van der Waals surface area contributed by atoms with E-state index in [4.69, 9.17) is 5.73 Å². The van der Waals surface area contributed by atoms with Gasteiger partial charge in [0, 0.05) is 31.4 Å². The summed E-state index contributed by atoms with van der Waals surface area (Å²) in [5, 5.41) is 0. The second-order valence-corrected chi connectivity index (χ2v) is 4.38. The lowest BCUT2D eigenvalue weighted by Gasteiger charge is -2.34. The van der Waals surface area contributed by atoms with Crippen LogP contribution in [0, 0.1) is 0 Å². The molecular weight excluding hydrogens is 230 g/mol. The summed E-state index contributed by atoms with van der Waals surface area (Å²) < 4.78 is 0. The van der Waals surface area contributed by atoms with Crippen molar-refractivity contribution in [1.29, 1.82) is 0 Å². The monoisotopic (exact) mass is 247 g/mol. The highest BCUT2D eigenvalue weighted by atomic mass is 16.2. The van der Waals surface area contributed by atoms with Crippen LogP contribution in [0.1, 0.15) is 10.4 Å². The van der Waals surface area contributed by atoms with Crippen LogP contribution in [0.2, 0.25) is 0 Å². The number of hydrogen-bond acceptors (Lipinski definition) is 4. The number of Topliss-reactive ketones (excluding diaryl/α,β-unsaturated/α-hetero) is 1. The number of hydrogen-bond donors (Lipinski definition) is 1. The Balaban J connectivity index is 2.28. The molecule has 1 aliphatic rings. The summed E-state index contributed by atoms with van der Waals surface area (Å²) in [4.78, 5) is 27.1. The maximum absolute atomic E-state index is 11.8. The van der Waals surface area contributed by atoms with Crippen LogP contribution in [0.5, 0.6) is 0 Å². The number of carbonyl (C=O) groups is 2. The quantitative estimate of drug-likeness (QED) is 0.770. The number of benzene rings is 1. The van der Waals surface area contributed by atoms with Crippen LogP contribution >= 0.6 is 0 Å². The van der Waals surface area contributed by atoms with E-state index in [1.807, 2.05) is 23.1 Å². The van der Waals surface area contributed by atoms with Crippen molar-refractivity contribution in [2.45, 2.75) is 0 Å². The van der Waals surface area contributed by atoms with Crippen LogP contribution in [0.3, 0.4) is 0 Å². The molecule has 1 aliphatic heterocycles. The van der Waals surface area contributed by atoms with E-state index in [2.05, 4.69) is 0 Å². The first-order chi connectivity index (χ1) is 8.63. The van der Waals surface area contributed by atoms with Gasteiger partial charge in [0.2, 0.25) is 5.91 Å². The molecule has 0 saturated carbocycles. The number of likely N-dealkylation sites (N-methyl/N-ethyl adjacent to an activating group) is 1. The summed E-state index contributed by atoms with van der Waals surface area (Å²) in [5.74, 6) is -0.0340. The number of carbonyl (C=O) groups excluding carboxylic acids is 2. The number of nitrogens with two attached hydrogens (primary N) is 1. The van der Waals surface area contributed by atoms with E-state index in [1.54, 1.807) is 18.0 Å². The second kappa shape index (κ2) is 5.18. The molecule has 1 aromatic carbocycles. The fourth-order valence-corrected chi connectivity index (χ4v) is 2.06. The first kappa shape index (κ1) is 12.6. The van der Waals surface area contributed by atoms with Gasteiger partial charge in [0.05, 0.1) is 13.1 Å². The Morgan fingerprint density at radius 2 is 2.06 bits per heavy atom. The number of nitrogens with zero attached hydrogens (tertiary/aromatic N) is 2. The lowest BCUT2D eigenvalue weighted by molar-refractivity contribution is -0.129. The van der Waals surface area contributed by atoms with E-state index in [0.29, 0.717) is 18.7 Å². The Labute approximate surface area is 106 Å². The third-order valence-electron chi connectivity index (χ3n) is 3.19. The predicted molar refractivity (Wildman–Crippen MR) is 69.7 cm³/mol. The molecule has 2 rings (SSSR count). The van der Waals surface area contributed by atoms with Gasteiger partial charge in [-0.1, -0.05) is 12.1 Å². The van der Waals surface area contributed by atoms with Crippen LogP contribution in [0.15, 0.2) is 24.3 Å². The summed E-state index contributed by atoms with van der Waals surface area (Å²) in [7, 11) is 1.79. The van der Waals surface area contributed by atoms with Crippen molar-refractivity contribution in [2.24, 2.45) is 5.73 Å². The Kier molecular flexibility index (Phi) is 3.62. The molecule has 0 aliphatic carbocycles. The zero-order valence-corrected chi connectivity index (χ0v) is 10.4. The van der Waals surface area contributed by atoms with Gasteiger partial charge in [0.1, 0.15) is 0 Å². The van der Waals surface area contributed by atoms with Crippen molar-refractivity contribution in [1.82, 2.24) is 4.90 Å². The van der Waals surface area contributed by atoms with Gasteiger partial charge in [0.25, 0.3) is 0 Å². The minimum absolute atomic E-state index is 0.0152. The Morgan fingerprint density at radius 1 is 1.33 bits per heavy atom. The summed E-state index contributed by atoms with van der Waals surface area (Å²) in [6.45, 7) is 1.70. The molecule has 1 fully saturated rings. The minimum Gasteiger partial charge on any atom is -0.360 e. The number of amides is 1. The number of ketones is 1. The zero-order chi connectivity index (χ0) is 13.1. The summed E-state index contributed by atoms with van der Waals surface area (Å²) in [5.41, 5.74) is 6.80. The number of anilines is 1. The highest BCUT2D eigenvalue weighted by molar-refractivity contribution is 6.03. The Hall–Kier alpha value is -1.88. The van der Waals surface area contributed by atoms with E-state index in [1.165, 1.54) is 0 Å². The summed E-state index contributed by atoms with van der Waals surface area (Å²) >= 11 is 0. The van der Waals surface area contributed by atoms with Crippen molar-refractivity contribution in [2.75, 3.05) is 38.1 Å². The maximum atomic E-state index is 11.8. The first-order valence-corrected chi connectivity index (χ1v) is 5.94. The van der Waals surface area contributed by atoms with E-state index in [-0.39, 0.29) is 18.2 Å². The molecule has 2 N–H and O–H groups in total. The fraction of sp³-hybridized carbons (Fsp3) is 0.385. The first-order valence-electron chi connectivity index (χ1n) is 5.94. The van der Waals surface area contributed by atoms with Crippen LogP contribution in [-0.4, -0.2) is 49.8 Å². The average Bonchev–Trinajstić information content (AvgIpc) is 2.41. The Bertz CT molecular complexity index is 473. The maximum Gasteiger partial charge on any atom is 0.241 e. The Morgan fingerprint density at radius 3 is 2.72 bits per heavy atom. The SMILES string of the molecule is CN1CCN(c2ccccc2C(=O)CN)CC1=O. The topological polar surface area (TPSA) is 66.6 Å². The van der Waals surface area contributed by atoms with Crippen LogP contribution in [0.25, 0.3) is 0 Å². The predicted octanol–water partition coefficient (Wildman–Crippen LogP) is 0.106. The summed E-state index contributed by atoms with van der Waals surface area (Å²) in [6, 6.07) is 7.30. The molecule has 5 nitrogen and oxygen atoms in total. The molecule has 0 radical (unpaired) electrons. The second-order valence-electron chi connectivity index (χ2n) is 4.38. The molecule has 1 heterocycles. The van der Waals surface area contributed by atoms with Gasteiger partial charge in [0.15, 0.2) is 5.78 Å². The van der Waals surface area contributed by atoms with E-state index >= 15 is 0 Å². The lowest BCUT2D eigenvalue weighted by atomic mass is 10.1. The molecule has 1 amide bonds. The molecule has 1 aromatic rings. The standard InChI is InChI=1S/C13H17N3O2/c1-15-6-7-16(9-13(15)18)11-5-3-2-4-10(11)12(17)8-14/h2-5H,6-9,14H2,1H3. The van der Waals surface area contributed by atoms with Crippen molar-refractivity contribution in [3.8, 4) is 0 Å². The van der Waals surface area contributed by atoms with Crippen LogP contribution in [0.4, 0.5) is 5.69 Å². The fourth-order valence-electron chi connectivity index (χ4n) is 2.06. The van der Waals surface area contributed by atoms with Crippen molar-refractivity contribution in [3.05, 3.63) is 29.8 Å². The average molecular weight is 247 g/mol. The molecule has 1 saturated heterocycles. The molecule has 0 atom stereocenters. The third kappa shape index (κ3) is 2.36. The van der Waals surface area contributed by atoms with Gasteiger partial charge in [-0.05, 0) is 12.1 Å². The van der Waals surface area contributed by atoms with Gasteiger partial charge in [-0.15, -0.1) is 0 Å². The van der Waals surface area contributed by atoms with Crippen molar-refractivity contribution < 1.29 is 9.59 Å². The van der Waals surface area contributed by atoms with Gasteiger partial charge in [-0.3, -0.25) is 9.59 Å². The molecular formula is C13H17N3O2. The molecule has 0 aromatic heterocycles. The van der Waals surface area contributed by atoms with Crippen molar-refractivity contribution >= 4 is 17.4 Å². The van der Waals surface area contributed by atoms with Crippen molar-refractivity contribution in [3.63, 3.8) is 0 Å². The van der Waals surface area contributed by atoms with Gasteiger partial charge >= 0.3 is 0 Å². The summed E-state index contributed by atoms with van der Waals surface area (Å²) in [6.07, 6.45) is 0. The molecule has 18 heavy (non-hydrogen) atoms. The smallest absolute Gasteiger partial charge is 0.241 e. The largest absolute Gasteiger partial charge is 0.360 e. The van der Waals surface area contributed by atoms with E-state index in [0.717, 1.165) is 12.2 Å². The van der Waals surface area contributed by atoms with Gasteiger partial charge < -0.3 is 15.5 Å². The highest BCUT2D eigenvalue weighted by Gasteiger charge is 2.23. The number of para-hydroxylation sites is 1. The van der Waals surface area contributed by atoms with E-state index < -0.39 is 0 Å². The zero-order valence-electron chi connectivity index (χ0n) is 10.4. The molecule has 96 valence electrons. The molecule has 0 bridgehead atoms.